The monoisotopic (exact) mass is 568 g/mol. The Bertz CT molecular complexity index is 834. The van der Waals surface area contributed by atoms with Gasteiger partial charge >= 0.3 is 11.9 Å². The fraction of sp³-hybridized carbons (Fsp3) is 0.815. The third kappa shape index (κ3) is 14.3. The van der Waals surface area contributed by atoms with Crippen molar-refractivity contribution in [2.75, 3.05) is 98.2 Å². The normalized spacial score (nSPS) is 20.5. The summed E-state index contributed by atoms with van der Waals surface area (Å²) in [6.07, 6.45) is 2.98. The second-order valence-corrected chi connectivity index (χ2v) is 11.3. The molecule has 2 aliphatic heterocycles. The number of piperidine rings is 1. The number of nitrogens with one attached hydrogen (secondary N) is 1. The molecule has 13 heteroatoms. The summed E-state index contributed by atoms with van der Waals surface area (Å²) >= 11 is 0. The smallest absolute Gasteiger partial charge is 0.317 e. The van der Waals surface area contributed by atoms with E-state index >= 15 is 0 Å². The Morgan fingerprint density at radius 3 is 1.55 bits per heavy atom. The zero-order chi connectivity index (χ0) is 29.5. The summed E-state index contributed by atoms with van der Waals surface area (Å²) < 4.78 is 0. The number of hydrogen-bond donors (Lipinski definition) is 3. The first-order valence-corrected chi connectivity index (χ1v) is 14.3. The molecule has 3 N–H and O–H groups in total. The van der Waals surface area contributed by atoms with Crippen LogP contribution in [0.1, 0.15) is 33.1 Å². The molecule has 2 saturated heterocycles. The highest BCUT2D eigenvalue weighted by molar-refractivity contribution is 5.80. The topological polar surface area (TPSA) is 154 Å². The van der Waals surface area contributed by atoms with Gasteiger partial charge in [-0.25, -0.2) is 0 Å². The van der Waals surface area contributed by atoms with Gasteiger partial charge in [-0.15, -0.1) is 0 Å². The Morgan fingerprint density at radius 2 is 1.12 bits per heavy atom. The van der Waals surface area contributed by atoms with E-state index in [0.29, 0.717) is 71.2 Å². The molecule has 0 radical (unpaired) electrons. The Labute approximate surface area is 237 Å². The molecule has 40 heavy (non-hydrogen) atoms. The summed E-state index contributed by atoms with van der Waals surface area (Å²) in [6, 6.07) is 0.0479. The first-order valence-electron chi connectivity index (χ1n) is 14.3. The second-order valence-electron chi connectivity index (χ2n) is 11.3. The SMILES string of the molecule is CC(C)CC(=O)CN1CCC(NC(=O)CN2CCN(CC=O)CCN(CC(=O)O)CCN(CC(=O)O)CC2)CC1. The van der Waals surface area contributed by atoms with Gasteiger partial charge in [0.2, 0.25) is 5.91 Å². The van der Waals surface area contributed by atoms with Crippen LogP contribution in [0.3, 0.4) is 0 Å². The molecule has 228 valence electrons. The Hall–Kier alpha value is -2.45. The van der Waals surface area contributed by atoms with E-state index in [1.165, 1.54) is 0 Å². The van der Waals surface area contributed by atoms with Crippen molar-refractivity contribution in [1.82, 2.24) is 29.8 Å². The number of nitrogens with zero attached hydrogens (tertiary/aromatic N) is 5. The zero-order valence-electron chi connectivity index (χ0n) is 24.1. The molecule has 0 atom stereocenters. The average molecular weight is 569 g/mol. The third-order valence-corrected chi connectivity index (χ3v) is 7.34. The minimum atomic E-state index is -0.962. The van der Waals surface area contributed by atoms with E-state index in [-0.39, 0.29) is 43.9 Å². The van der Waals surface area contributed by atoms with Crippen molar-refractivity contribution in [1.29, 1.82) is 0 Å². The lowest BCUT2D eigenvalue weighted by atomic mass is 10.0. The Balaban J connectivity index is 1.94. The number of carbonyl (C=O) groups excluding carboxylic acids is 3. The van der Waals surface area contributed by atoms with Crippen molar-refractivity contribution in [2.24, 2.45) is 5.92 Å². The number of likely N-dealkylation sites (tertiary alicyclic amines) is 1. The number of Topliss-reactive ketones (excluding diaryl/α,β-unsaturated/α-hetero) is 1. The third-order valence-electron chi connectivity index (χ3n) is 7.34. The number of rotatable bonds is 13. The van der Waals surface area contributed by atoms with Crippen molar-refractivity contribution < 1.29 is 34.2 Å². The van der Waals surface area contributed by atoms with E-state index in [1.54, 1.807) is 9.80 Å². The van der Waals surface area contributed by atoms with Crippen LogP contribution in [0.15, 0.2) is 0 Å². The van der Waals surface area contributed by atoms with Gasteiger partial charge in [-0.3, -0.25) is 43.7 Å². The van der Waals surface area contributed by atoms with Crippen LogP contribution in [0.5, 0.6) is 0 Å². The van der Waals surface area contributed by atoms with Gasteiger partial charge < -0.3 is 20.3 Å². The molecule has 0 unspecified atom stereocenters. The van der Waals surface area contributed by atoms with Crippen LogP contribution in [0.25, 0.3) is 0 Å². The maximum Gasteiger partial charge on any atom is 0.317 e. The summed E-state index contributed by atoms with van der Waals surface area (Å²) in [6.45, 7) is 9.72. The van der Waals surface area contributed by atoms with Crippen LogP contribution in [0.2, 0.25) is 0 Å². The summed E-state index contributed by atoms with van der Waals surface area (Å²) in [5.41, 5.74) is 0. The van der Waals surface area contributed by atoms with Crippen LogP contribution < -0.4 is 5.32 Å². The zero-order valence-corrected chi connectivity index (χ0v) is 24.1. The van der Waals surface area contributed by atoms with Crippen molar-refractivity contribution in [3.63, 3.8) is 0 Å². The van der Waals surface area contributed by atoms with Crippen LogP contribution >= 0.6 is 0 Å². The van der Waals surface area contributed by atoms with Gasteiger partial charge in [-0.05, 0) is 18.8 Å². The molecule has 13 nitrogen and oxygen atoms in total. The number of aliphatic carboxylic acids is 2. The second kappa shape index (κ2) is 18.1. The minimum Gasteiger partial charge on any atom is -0.480 e. The summed E-state index contributed by atoms with van der Waals surface area (Å²) in [5, 5.41) is 21.8. The molecule has 2 aliphatic rings. The molecule has 2 fully saturated rings. The van der Waals surface area contributed by atoms with Crippen molar-refractivity contribution in [3.8, 4) is 0 Å². The molecule has 2 rings (SSSR count). The number of amides is 1. The number of carboxylic acid groups (broad SMARTS) is 2. The van der Waals surface area contributed by atoms with E-state index in [4.69, 9.17) is 0 Å². The number of carboxylic acids is 2. The highest BCUT2D eigenvalue weighted by Crippen LogP contribution is 2.12. The molecule has 0 bridgehead atoms. The fourth-order valence-electron chi connectivity index (χ4n) is 5.20. The summed E-state index contributed by atoms with van der Waals surface area (Å²) in [5.74, 6) is -1.41. The van der Waals surface area contributed by atoms with Gasteiger partial charge in [0.1, 0.15) is 12.1 Å². The lowest BCUT2D eigenvalue weighted by Crippen LogP contribution is -2.51. The number of aldehydes is 1. The first-order chi connectivity index (χ1) is 19.0. The largest absolute Gasteiger partial charge is 0.480 e. The van der Waals surface area contributed by atoms with Crippen molar-refractivity contribution in [2.45, 2.75) is 39.2 Å². The number of hydrogen-bond acceptors (Lipinski definition) is 10. The minimum absolute atomic E-state index is 0.0479. The van der Waals surface area contributed by atoms with Crippen LogP contribution in [0, 0.1) is 5.92 Å². The van der Waals surface area contributed by atoms with Crippen LogP contribution in [0.4, 0.5) is 0 Å². The van der Waals surface area contributed by atoms with Crippen LogP contribution in [-0.2, 0) is 24.0 Å². The molecule has 0 aromatic heterocycles. The molecule has 0 saturated carbocycles. The summed E-state index contributed by atoms with van der Waals surface area (Å²) in [4.78, 5) is 68.7. The Morgan fingerprint density at radius 1 is 0.700 bits per heavy atom. The molecule has 0 aliphatic carbocycles. The predicted octanol–water partition coefficient (Wildman–Crippen LogP) is -1.23. The van der Waals surface area contributed by atoms with E-state index in [0.717, 1.165) is 32.2 Å². The standard InChI is InChI=1S/C27H48N6O7/c1-22(2)17-24(35)18-30-5-3-23(4-6-30)28-25(36)19-31-9-7-29(15-16-34)8-10-32(20-26(37)38)13-14-33(12-11-31)21-27(39)40/h16,22-23H,3-15,17-21H2,1-2H3,(H,28,36)(H,37,38)(H,39,40). The lowest BCUT2D eigenvalue weighted by molar-refractivity contribution is -0.140. The van der Waals surface area contributed by atoms with Gasteiger partial charge in [-0.2, -0.15) is 0 Å². The Kier molecular flexibility index (Phi) is 15.3. The maximum atomic E-state index is 13.0. The van der Waals surface area contributed by atoms with Gasteiger partial charge in [0.25, 0.3) is 0 Å². The quantitative estimate of drug-likeness (QED) is 0.228. The molecular formula is C27H48N6O7. The molecule has 1 amide bonds. The fourth-order valence-corrected chi connectivity index (χ4v) is 5.20. The molecular weight excluding hydrogens is 520 g/mol. The lowest BCUT2D eigenvalue weighted by Gasteiger charge is -2.34. The maximum absolute atomic E-state index is 13.0. The van der Waals surface area contributed by atoms with Gasteiger partial charge in [0.15, 0.2) is 0 Å². The molecule has 0 spiro atoms. The highest BCUT2D eigenvalue weighted by atomic mass is 16.4. The highest BCUT2D eigenvalue weighted by Gasteiger charge is 2.24. The average Bonchev–Trinajstić information content (AvgIpc) is 2.85. The van der Waals surface area contributed by atoms with Crippen molar-refractivity contribution in [3.05, 3.63) is 0 Å². The summed E-state index contributed by atoms with van der Waals surface area (Å²) in [7, 11) is 0. The van der Waals surface area contributed by atoms with Crippen LogP contribution in [-0.4, -0.2) is 169 Å². The van der Waals surface area contributed by atoms with Gasteiger partial charge in [0.05, 0.1) is 32.7 Å². The molecule has 0 aromatic rings. The van der Waals surface area contributed by atoms with Crippen molar-refractivity contribution >= 4 is 29.9 Å². The number of ketones is 1. The van der Waals surface area contributed by atoms with E-state index in [9.17, 15) is 34.2 Å². The van der Waals surface area contributed by atoms with Gasteiger partial charge in [-0.1, -0.05) is 13.8 Å². The molecule has 0 aromatic carbocycles. The molecule has 2 heterocycles. The first kappa shape index (κ1) is 33.8. The van der Waals surface area contributed by atoms with E-state index < -0.39 is 11.9 Å². The van der Waals surface area contributed by atoms with E-state index in [1.807, 2.05) is 23.6 Å². The number of carbonyl (C=O) groups is 5. The van der Waals surface area contributed by atoms with Gasteiger partial charge in [0, 0.05) is 77.9 Å². The predicted molar refractivity (Wildman–Crippen MR) is 149 cm³/mol. The van der Waals surface area contributed by atoms with E-state index in [2.05, 4.69) is 10.2 Å².